The first-order chi connectivity index (χ1) is 6.13. The van der Waals surface area contributed by atoms with Crippen LogP contribution in [0.1, 0.15) is 19.4 Å². The molecule has 0 aliphatic carbocycles. The van der Waals surface area contributed by atoms with Gasteiger partial charge in [0.15, 0.2) is 0 Å². The van der Waals surface area contributed by atoms with Gasteiger partial charge in [-0.1, -0.05) is 13.8 Å². The van der Waals surface area contributed by atoms with Crippen LogP contribution < -0.4 is 4.74 Å². The summed E-state index contributed by atoms with van der Waals surface area (Å²) in [5.74, 6) is 1.32. The maximum atomic E-state index is 5.06. The molecule has 0 spiro atoms. The summed E-state index contributed by atoms with van der Waals surface area (Å²) in [5, 5.41) is 0. The lowest BCUT2D eigenvalue weighted by Crippen LogP contribution is -1.97. The zero-order valence-corrected chi connectivity index (χ0v) is 9.76. The van der Waals surface area contributed by atoms with E-state index in [2.05, 4.69) is 34.8 Å². The Bertz CT molecular complexity index is 286. The number of nitrogens with zero attached hydrogens (tertiary/aromatic N) is 1. The quantitative estimate of drug-likeness (QED) is 0.815. The van der Waals surface area contributed by atoms with Gasteiger partial charge in [-0.2, -0.15) is 0 Å². The van der Waals surface area contributed by atoms with Gasteiger partial charge >= 0.3 is 0 Å². The normalized spacial score (nSPS) is 10.5. The van der Waals surface area contributed by atoms with E-state index in [0.717, 1.165) is 10.9 Å². The molecule has 0 radical (unpaired) electrons. The van der Waals surface area contributed by atoms with E-state index in [1.165, 1.54) is 5.56 Å². The second-order valence-electron chi connectivity index (χ2n) is 3.42. The topological polar surface area (TPSA) is 22.1 Å². The number of hydrogen-bond donors (Lipinski definition) is 0. The zero-order valence-electron chi connectivity index (χ0n) is 8.17. The molecule has 2 nitrogen and oxygen atoms in total. The minimum Gasteiger partial charge on any atom is -0.481 e. The fraction of sp³-hybridized carbons (Fsp3) is 0.500. The van der Waals surface area contributed by atoms with Gasteiger partial charge in [0.05, 0.1) is 7.11 Å². The van der Waals surface area contributed by atoms with E-state index in [4.69, 9.17) is 4.74 Å². The summed E-state index contributed by atoms with van der Waals surface area (Å²) in [7, 11) is 1.63. The van der Waals surface area contributed by atoms with Crippen LogP contribution in [0.4, 0.5) is 0 Å². The van der Waals surface area contributed by atoms with E-state index in [-0.39, 0.29) is 0 Å². The smallest absolute Gasteiger partial charge is 0.213 e. The Kier molecular flexibility index (Phi) is 3.72. The number of halogens is 1. The SMILES string of the molecule is COc1cc(CC(C)C)c(Br)cn1. The van der Waals surface area contributed by atoms with Gasteiger partial charge in [-0.25, -0.2) is 4.98 Å². The van der Waals surface area contributed by atoms with Crippen LogP contribution in [0.5, 0.6) is 5.88 Å². The number of pyridine rings is 1. The summed E-state index contributed by atoms with van der Waals surface area (Å²) in [5.41, 5.74) is 1.25. The Morgan fingerprint density at radius 1 is 1.54 bits per heavy atom. The molecule has 1 heterocycles. The third kappa shape index (κ3) is 2.99. The van der Waals surface area contributed by atoms with E-state index in [1.54, 1.807) is 13.3 Å². The highest BCUT2D eigenvalue weighted by Crippen LogP contribution is 2.22. The average molecular weight is 244 g/mol. The van der Waals surface area contributed by atoms with Gasteiger partial charge < -0.3 is 4.74 Å². The van der Waals surface area contributed by atoms with Crippen LogP contribution in [0.25, 0.3) is 0 Å². The number of methoxy groups -OCH3 is 1. The van der Waals surface area contributed by atoms with Crippen molar-refractivity contribution in [3.63, 3.8) is 0 Å². The lowest BCUT2D eigenvalue weighted by atomic mass is 10.0. The van der Waals surface area contributed by atoms with E-state index in [0.29, 0.717) is 11.8 Å². The van der Waals surface area contributed by atoms with E-state index in [1.807, 2.05) is 6.07 Å². The molecule has 0 atom stereocenters. The zero-order chi connectivity index (χ0) is 9.84. The van der Waals surface area contributed by atoms with E-state index >= 15 is 0 Å². The standard InChI is InChI=1S/C10H14BrNO/c1-7(2)4-8-5-10(13-3)12-6-9(8)11/h5-7H,4H2,1-3H3. The molecule has 0 fully saturated rings. The minimum atomic E-state index is 0.642. The number of aromatic nitrogens is 1. The van der Waals surface area contributed by atoms with Gasteiger partial charge in [0.2, 0.25) is 5.88 Å². The van der Waals surface area contributed by atoms with Gasteiger partial charge in [-0.3, -0.25) is 0 Å². The highest BCUT2D eigenvalue weighted by molar-refractivity contribution is 9.10. The Morgan fingerprint density at radius 3 is 2.77 bits per heavy atom. The van der Waals surface area contributed by atoms with Crippen LogP contribution in [0.2, 0.25) is 0 Å². The third-order valence-electron chi connectivity index (χ3n) is 1.75. The first-order valence-electron chi connectivity index (χ1n) is 4.32. The number of ether oxygens (including phenoxy) is 1. The highest BCUT2D eigenvalue weighted by Gasteiger charge is 2.05. The fourth-order valence-corrected chi connectivity index (χ4v) is 1.55. The van der Waals surface area contributed by atoms with E-state index in [9.17, 15) is 0 Å². The van der Waals surface area contributed by atoms with Crippen LogP contribution in [0.3, 0.4) is 0 Å². The van der Waals surface area contributed by atoms with Crippen molar-refractivity contribution in [3.05, 3.63) is 22.3 Å². The molecule has 0 aliphatic rings. The first kappa shape index (κ1) is 10.5. The van der Waals surface area contributed by atoms with Gasteiger partial charge in [-0.05, 0) is 33.8 Å². The molecule has 0 unspecified atom stereocenters. The molecule has 0 aliphatic heterocycles. The maximum absolute atomic E-state index is 5.06. The molecule has 0 amide bonds. The summed E-state index contributed by atoms with van der Waals surface area (Å²) in [4.78, 5) is 4.10. The Labute approximate surface area is 87.5 Å². The molecule has 3 heteroatoms. The second kappa shape index (κ2) is 4.61. The lowest BCUT2D eigenvalue weighted by molar-refractivity contribution is 0.396. The van der Waals surface area contributed by atoms with Crippen LogP contribution in [0, 0.1) is 5.92 Å². The van der Waals surface area contributed by atoms with Gasteiger partial charge in [0, 0.05) is 16.7 Å². The Hall–Kier alpha value is -0.570. The van der Waals surface area contributed by atoms with Gasteiger partial charge in [0.25, 0.3) is 0 Å². The average Bonchev–Trinajstić information content (AvgIpc) is 2.08. The molecule has 0 saturated carbocycles. The molecular formula is C10H14BrNO. The van der Waals surface area contributed by atoms with Crippen molar-refractivity contribution in [2.24, 2.45) is 5.92 Å². The predicted octanol–water partition coefficient (Wildman–Crippen LogP) is 3.05. The predicted molar refractivity (Wildman–Crippen MR) is 57.0 cm³/mol. The van der Waals surface area contributed by atoms with Crippen molar-refractivity contribution in [1.82, 2.24) is 4.98 Å². The minimum absolute atomic E-state index is 0.642. The molecular weight excluding hydrogens is 230 g/mol. The summed E-state index contributed by atoms with van der Waals surface area (Å²) in [6.07, 6.45) is 2.83. The molecule has 0 aromatic carbocycles. The summed E-state index contributed by atoms with van der Waals surface area (Å²) < 4.78 is 6.12. The molecule has 72 valence electrons. The molecule has 0 saturated heterocycles. The first-order valence-corrected chi connectivity index (χ1v) is 5.11. The largest absolute Gasteiger partial charge is 0.481 e. The summed E-state index contributed by atoms with van der Waals surface area (Å²) >= 11 is 3.47. The van der Waals surface area contributed by atoms with Crippen molar-refractivity contribution in [1.29, 1.82) is 0 Å². The molecule has 1 rings (SSSR count). The Morgan fingerprint density at radius 2 is 2.23 bits per heavy atom. The van der Waals surface area contributed by atoms with Crippen molar-refractivity contribution < 1.29 is 4.74 Å². The van der Waals surface area contributed by atoms with E-state index < -0.39 is 0 Å². The molecule has 0 bridgehead atoms. The highest BCUT2D eigenvalue weighted by atomic mass is 79.9. The molecule has 0 N–H and O–H groups in total. The monoisotopic (exact) mass is 243 g/mol. The third-order valence-corrected chi connectivity index (χ3v) is 2.46. The van der Waals surface area contributed by atoms with Crippen LogP contribution in [0.15, 0.2) is 16.7 Å². The van der Waals surface area contributed by atoms with Crippen molar-refractivity contribution in [3.8, 4) is 5.88 Å². The Balaban J connectivity index is 2.90. The van der Waals surface area contributed by atoms with Crippen LogP contribution >= 0.6 is 15.9 Å². The van der Waals surface area contributed by atoms with Crippen molar-refractivity contribution >= 4 is 15.9 Å². The van der Waals surface area contributed by atoms with Crippen LogP contribution in [-0.2, 0) is 6.42 Å². The van der Waals surface area contributed by atoms with Crippen molar-refractivity contribution in [2.45, 2.75) is 20.3 Å². The summed E-state index contributed by atoms with van der Waals surface area (Å²) in [6, 6.07) is 1.98. The summed E-state index contributed by atoms with van der Waals surface area (Å²) in [6.45, 7) is 4.39. The molecule has 1 aromatic rings. The van der Waals surface area contributed by atoms with Gasteiger partial charge in [-0.15, -0.1) is 0 Å². The van der Waals surface area contributed by atoms with Crippen molar-refractivity contribution in [2.75, 3.05) is 7.11 Å². The second-order valence-corrected chi connectivity index (χ2v) is 4.27. The number of hydrogen-bond acceptors (Lipinski definition) is 2. The fourth-order valence-electron chi connectivity index (χ4n) is 1.17. The van der Waals surface area contributed by atoms with Gasteiger partial charge in [0.1, 0.15) is 0 Å². The lowest BCUT2D eigenvalue weighted by Gasteiger charge is -2.08. The molecule has 1 aromatic heterocycles. The molecule has 13 heavy (non-hydrogen) atoms. The maximum Gasteiger partial charge on any atom is 0.213 e. The van der Waals surface area contributed by atoms with Crippen LogP contribution in [-0.4, -0.2) is 12.1 Å². The number of rotatable bonds is 3.